The van der Waals surface area contributed by atoms with E-state index in [9.17, 15) is 22.8 Å². The van der Waals surface area contributed by atoms with Gasteiger partial charge in [0, 0.05) is 49.5 Å². The van der Waals surface area contributed by atoms with E-state index < -0.39 is 17.7 Å². The molecule has 0 atom stereocenters. The minimum Gasteiger partial charge on any atom is -0.461 e. The van der Waals surface area contributed by atoms with Gasteiger partial charge in [0.25, 0.3) is 0 Å². The molecule has 5 nitrogen and oxygen atoms in total. The average molecular weight is 420 g/mol. The minimum absolute atomic E-state index is 0.0204. The maximum Gasteiger partial charge on any atom is 0.416 e. The summed E-state index contributed by atoms with van der Waals surface area (Å²) in [5.41, 5.74) is 1.41. The monoisotopic (exact) mass is 420 g/mol. The number of carbonyl (C=O) groups excluding carboxylic acids is 2. The van der Waals surface area contributed by atoms with Gasteiger partial charge in [0.1, 0.15) is 6.61 Å². The van der Waals surface area contributed by atoms with Crippen LogP contribution < -0.4 is 0 Å². The zero-order chi connectivity index (χ0) is 21.9. The highest BCUT2D eigenvalue weighted by molar-refractivity contribution is 5.81. The summed E-state index contributed by atoms with van der Waals surface area (Å²) in [5.74, 6) is -0.483. The van der Waals surface area contributed by atoms with Crippen molar-refractivity contribution in [3.63, 3.8) is 0 Å². The number of amides is 1. The third-order valence-corrected chi connectivity index (χ3v) is 4.96. The van der Waals surface area contributed by atoms with Crippen molar-refractivity contribution < 1.29 is 27.5 Å². The molecule has 1 aromatic heterocycles. The van der Waals surface area contributed by atoms with Gasteiger partial charge in [-0.15, -0.1) is 0 Å². The number of hydrogen-bond acceptors (Lipinski definition) is 4. The Kier molecular flexibility index (Phi) is 6.43. The van der Waals surface area contributed by atoms with Gasteiger partial charge in [-0.2, -0.15) is 13.2 Å². The van der Waals surface area contributed by atoms with Crippen molar-refractivity contribution in [1.82, 2.24) is 9.88 Å². The normalized spacial score (nSPS) is 13.8. The van der Waals surface area contributed by atoms with Crippen LogP contribution in [0.5, 0.6) is 0 Å². The van der Waals surface area contributed by atoms with Crippen molar-refractivity contribution in [3.8, 4) is 11.1 Å². The van der Waals surface area contributed by atoms with E-state index in [1.165, 1.54) is 19.2 Å². The van der Waals surface area contributed by atoms with Crippen LogP contribution in [0.25, 0.3) is 11.1 Å². The van der Waals surface area contributed by atoms with Gasteiger partial charge >= 0.3 is 12.1 Å². The largest absolute Gasteiger partial charge is 0.461 e. The quantitative estimate of drug-likeness (QED) is 0.615. The number of benzene rings is 1. The number of hydrogen-bond donors (Lipinski definition) is 0. The van der Waals surface area contributed by atoms with Gasteiger partial charge in [-0.25, -0.2) is 0 Å². The molecule has 1 amide bonds. The van der Waals surface area contributed by atoms with Crippen LogP contribution in [-0.4, -0.2) is 28.3 Å². The first-order chi connectivity index (χ1) is 14.2. The first-order valence-corrected chi connectivity index (χ1v) is 9.75. The Bertz CT molecular complexity index is 939. The Balaban J connectivity index is 1.98. The Morgan fingerprint density at radius 2 is 1.93 bits per heavy atom. The molecule has 0 saturated heterocycles. The van der Waals surface area contributed by atoms with Crippen molar-refractivity contribution in [2.24, 2.45) is 5.92 Å². The van der Waals surface area contributed by atoms with Crippen LogP contribution >= 0.6 is 0 Å². The molecule has 1 aliphatic carbocycles. The molecule has 0 N–H and O–H groups in total. The maximum absolute atomic E-state index is 13.3. The molecule has 2 aromatic rings. The maximum atomic E-state index is 13.3. The zero-order valence-corrected chi connectivity index (χ0v) is 16.8. The molecule has 0 aliphatic heterocycles. The number of pyridine rings is 1. The third-order valence-electron chi connectivity index (χ3n) is 4.96. The fourth-order valence-electron chi connectivity index (χ4n) is 3.22. The van der Waals surface area contributed by atoms with Crippen LogP contribution in [0.3, 0.4) is 0 Å². The smallest absolute Gasteiger partial charge is 0.416 e. The summed E-state index contributed by atoms with van der Waals surface area (Å²) < 4.78 is 44.9. The summed E-state index contributed by atoms with van der Waals surface area (Å²) >= 11 is 0. The minimum atomic E-state index is -4.49. The van der Waals surface area contributed by atoms with Crippen LogP contribution in [0, 0.1) is 5.92 Å². The highest BCUT2D eigenvalue weighted by Crippen LogP contribution is 2.35. The van der Waals surface area contributed by atoms with Crippen molar-refractivity contribution in [1.29, 1.82) is 0 Å². The molecule has 1 fully saturated rings. The molecule has 160 valence electrons. The van der Waals surface area contributed by atoms with Gasteiger partial charge in [0.05, 0.1) is 5.56 Å². The SMILES string of the molecule is CCN(Cc1cc(C(F)(F)F)ccc1-c1cncc(COC(C)=O)c1)C(=O)C1CC1. The van der Waals surface area contributed by atoms with Crippen LogP contribution in [0.2, 0.25) is 0 Å². The number of rotatable bonds is 7. The summed E-state index contributed by atoms with van der Waals surface area (Å²) in [6.45, 7) is 3.62. The molecule has 1 aromatic carbocycles. The molecule has 8 heteroatoms. The summed E-state index contributed by atoms with van der Waals surface area (Å²) in [4.78, 5) is 29.3. The Hall–Kier alpha value is -2.90. The van der Waals surface area contributed by atoms with Crippen molar-refractivity contribution in [2.75, 3.05) is 6.54 Å². The second-order valence-corrected chi connectivity index (χ2v) is 7.36. The average Bonchev–Trinajstić information content (AvgIpc) is 3.54. The molecular formula is C22H23F3N2O3. The van der Waals surface area contributed by atoms with E-state index in [4.69, 9.17) is 4.74 Å². The molecule has 0 bridgehead atoms. The summed E-state index contributed by atoms with van der Waals surface area (Å²) in [5, 5.41) is 0. The first-order valence-electron chi connectivity index (χ1n) is 9.75. The molecule has 1 aliphatic rings. The molecule has 3 rings (SSSR count). The molecular weight excluding hydrogens is 397 g/mol. The van der Waals surface area contributed by atoms with E-state index in [-0.39, 0.29) is 25.0 Å². The van der Waals surface area contributed by atoms with Crippen LogP contribution in [-0.2, 0) is 33.7 Å². The standard InChI is InChI=1S/C22H23F3N2O3/c1-3-27(21(29)16-4-5-16)12-18-9-19(22(23,24)25)6-7-20(18)17-8-15(10-26-11-17)13-30-14(2)28/h6-11,16H,3-5,12-13H2,1-2H3. The van der Waals surface area contributed by atoms with Crippen LogP contribution in [0.1, 0.15) is 43.4 Å². The lowest BCUT2D eigenvalue weighted by Crippen LogP contribution is -2.31. The van der Waals surface area contributed by atoms with Crippen LogP contribution in [0.15, 0.2) is 36.7 Å². The van der Waals surface area contributed by atoms with Crippen molar-refractivity contribution >= 4 is 11.9 Å². The number of halogens is 3. The lowest BCUT2D eigenvalue weighted by atomic mass is 9.97. The summed E-state index contributed by atoms with van der Waals surface area (Å²) in [6.07, 6.45) is 0.244. The lowest BCUT2D eigenvalue weighted by molar-refractivity contribution is -0.142. The Labute approximate surface area is 172 Å². The van der Waals surface area contributed by atoms with Crippen molar-refractivity contribution in [3.05, 3.63) is 53.3 Å². The molecule has 1 saturated carbocycles. The Morgan fingerprint density at radius 3 is 2.53 bits per heavy atom. The number of nitrogens with zero attached hydrogens (tertiary/aromatic N) is 2. The lowest BCUT2D eigenvalue weighted by Gasteiger charge is -2.23. The first kappa shape index (κ1) is 21.8. The summed E-state index contributed by atoms with van der Waals surface area (Å²) in [7, 11) is 0. The molecule has 0 radical (unpaired) electrons. The number of carbonyl (C=O) groups is 2. The van der Waals surface area contributed by atoms with Crippen molar-refractivity contribution in [2.45, 2.75) is 46.0 Å². The topological polar surface area (TPSA) is 59.5 Å². The van der Waals surface area contributed by atoms with Gasteiger partial charge in [-0.05, 0) is 49.1 Å². The second kappa shape index (κ2) is 8.85. The highest BCUT2D eigenvalue weighted by Gasteiger charge is 2.34. The predicted molar refractivity (Wildman–Crippen MR) is 104 cm³/mol. The number of alkyl halides is 3. The number of aromatic nitrogens is 1. The number of esters is 1. The van der Waals surface area contributed by atoms with E-state index in [0.717, 1.165) is 25.0 Å². The number of ether oxygens (including phenoxy) is 1. The fourth-order valence-corrected chi connectivity index (χ4v) is 3.22. The van der Waals surface area contributed by atoms with E-state index in [2.05, 4.69) is 4.98 Å². The van der Waals surface area contributed by atoms with Gasteiger partial charge in [0.15, 0.2) is 0 Å². The van der Waals surface area contributed by atoms with Gasteiger partial charge < -0.3 is 9.64 Å². The third kappa shape index (κ3) is 5.37. The van der Waals surface area contributed by atoms with Gasteiger partial charge in [0.2, 0.25) is 5.91 Å². The predicted octanol–water partition coefficient (Wildman–Crippen LogP) is 4.59. The highest BCUT2D eigenvalue weighted by atomic mass is 19.4. The molecule has 0 spiro atoms. The molecule has 30 heavy (non-hydrogen) atoms. The summed E-state index contributed by atoms with van der Waals surface area (Å²) in [6, 6.07) is 5.24. The second-order valence-electron chi connectivity index (χ2n) is 7.36. The molecule has 0 unspecified atom stereocenters. The molecule has 1 heterocycles. The zero-order valence-electron chi connectivity index (χ0n) is 16.8. The van der Waals surface area contributed by atoms with E-state index in [0.29, 0.717) is 28.8 Å². The Morgan fingerprint density at radius 1 is 1.20 bits per heavy atom. The van der Waals surface area contributed by atoms with E-state index >= 15 is 0 Å². The van der Waals surface area contributed by atoms with Gasteiger partial charge in [-0.3, -0.25) is 14.6 Å². The van der Waals surface area contributed by atoms with E-state index in [1.54, 1.807) is 17.2 Å². The van der Waals surface area contributed by atoms with Crippen LogP contribution in [0.4, 0.5) is 13.2 Å². The van der Waals surface area contributed by atoms with E-state index in [1.807, 2.05) is 6.92 Å². The fraction of sp³-hybridized carbons (Fsp3) is 0.409. The van der Waals surface area contributed by atoms with Gasteiger partial charge in [-0.1, -0.05) is 6.07 Å².